The van der Waals surface area contributed by atoms with Gasteiger partial charge in [-0.3, -0.25) is 9.59 Å². The molecule has 1 fully saturated rings. The minimum Gasteiger partial charge on any atom is -0.480 e. The molecule has 3 atom stereocenters. The molecule has 3 unspecified atom stereocenters. The van der Waals surface area contributed by atoms with Crippen LogP contribution in [0.2, 0.25) is 0 Å². The van der Waals surface area contributed by atoms with Gasteiger partial charge >= 0.3 is 12.1 Å². The fraction of sp³-hybridized carbons (Fsp3) is 0.778. The molecule has 0 bridgehead atoms. The minimum atomic E-state index is -1.80. The molecule has 4 N–H and O–H groups in total. The van der Waals surface area contributed by atoms with Gasteiger partial charge in [-0.2, -0.15) is 0 Å². The van der Waals surface area contributed by atoms with Crippen molar-refractivity contribution in [3.8, 4) is 0 Å². The number of alkyl halides is 1. The topological polar surface area (TPSA) is 134 Å². The van der Waals surface area contributed by atoms with Crippen molar-refractivity contribution in [1.82, 2.24) is 16.0 Å². The molecular formula is C18H30FN3O6. The SMILES string of the molecule is CC(C)(F)CC(NC(=O)OC(C)(C)C)C(=O)NC(CC1CCNC1=O)C(=O)O. The third-order valence-corrected chi connectivity index (χ3v) is 3.99. The molecular weight excluding hydrogens is 373 g/mol. The lowest BCUT2D eigenvalue weighted by Gasteiger charge is -2.27. The summed E-state index contributed by atoms with van der Waals surface area (Å²) >= 11 is 0. The Bertz CT molecular complexity index is 611. The van der Waals surface area contributed by atoms with E-state index < -0.39 is 47.2 Å². The van der Waals surface area contributed by atoms with Crippen molar-refractivity contribution in [3.63, 3.8) is 0 Å². The van der Waals surface area contributed by atoms with Gasteiger partial charge in [0.1, 0.15) is 23.4 Å². The highest BCUT2D eigenvalue weighted by Gasteiger charge is 2.35. The van der Waals surface area contributed by atoms with Gasteiger partial charge in [-0.05, 0) is 47.5 Å². The largest absolute Gasteiger partial charge is 0.480 e. The normalized spacial score (nSPS) is 19.4. The fourth-order valence-corrected chi connectivity index (χ4v) is 2.79. The molecule has 10 heteroatoms. The summed E-state index contributed by atoms with van der Waals surface area (Å²) in [5.41, 5.74) is -2.63. The summed E-state index contributed by atoms with van der Waals surface area (Å²) in [6.45, 7) is 7.82. The molecule has 28 heavy (non-hydrogen) atoms. The van der Waals surface area contributed by atoms with Crippen molar-refractivity contribution < 1.29 is 33.4 Å². The first-order chi connectivity index (χ1) is 12.7. The van der Waals surface area contributed by atoms with E-state index in [4.69, 9.17) is 4.74 Å². The summed E-state index contributed by atoms with van der Waals surface area (Å²) in [4.78, 5) is 47.8. The molecule has 9 nitrogen and oxygen atoms in total. The standard InChI is InChI=1S/C18H30FN3O6/c1-17(2,3)28-16(27)22-12(9-18(4,5)19)14(24)21-11(15(25)26)8-10-6-7-20-13(10)23/h10-12H,6-9H2,1-5H3,(H,20,23)(H,21,24)(H,22,27)(H,25,26). The smallest absolute Gasteiger partial charge is 0.408 e. The molecule has 1 rings (SSSR count). The quantitative estimate of drug-likeness (QED) is 0.480. The zero-order valence-electron chi connectivity index (χ0n) is 16.9. The Morgan fingerprint density at radius 1 is 1.21 bits per heavy atom. The Balaban J connectivity index is 2.85. The van der Waals surface area contributed by atoms with Crippen LogP contribution in [0.1, 0.15) is 53.9 Å². The monoisotopic (exact) mass is 403 g/mol. The summed E-state index contributed by atoms with van der Waals surface area (Å²) < 4.78 is 19.2. The highest BCUT2D eigenvalue weighted by molar-refractivity contribution is 5.90. The number of ether oxygens (including phenoxy) is 1. The van der Waals surface area contributed by atoms with E-state index >= 15 is 0 Å². The number of hydrogen-bond acceptors (Lipinski definition) is 5. The molecule has 1 heterocycles. The number of carbonyl (C=O) groups excluding carboxylic acids is 3. The number of rotatable bonds is 8. The van der Waals surface area contributed by atoms with Crippen molar-refractivity contribution in [3.05, 3.63) is 0 Å². The highest BCUT2D eigenvalue weighted by Crippen LogP contribution is 2.19. The van der Waals surface area contributed by atoms with E-state index in [-0.39, 0.29) is 18.7 Å². The van der Waals surface area contributed by atoms with E-state index in [0.29, 0.717) is 13.0 Å². The zero-order chi connectivity index (χ0) is 21.7. The molecule has 0 aliphatic carbocycles. The highest BCUT2D eigenvalue weighted by atomic mass is 19.1. The van der Waals surface area contributed by atoms with Crippen LogP contribution in [0.4, 0.5) is 9.18 Å². The Morgan fingerprint density at radius 3 is 2.25 bits per heavy atom. The van der Waals surface area contributed by atoms with Crippen LogP contribution in [-0.4, -0.2) is 58.9 Å². The summed E-state index contributed by atoms with van der Waals surface area (Å²) in [7, 11) is 0. The maximum Gasteiger partial charge on any atom is 0.408 e. The number of carboxylic acids is 1. The third-order valence-electron chi connectivity index (χ3n) is 3.99. The molecule has 160 valence electrons. The first-order valence-corrected chi connectivity index (χ1v) is 9.17. The second-order valence-corrected chi connectivity index (χ2v) is 8.53. The Hall–Kier alpha value is -2.39. The molecule has 1 aliphatic rings. The Morgan fingerprint density at radius 2 is 1.82 bits per heavy atom. The van der Waals surface area contributed by atoms with E-state index in [1.807, 2.05) is 0 Å². The van der Waals surface area contributed by atoms with Crippen LogP contribution in [0.3, 0.4) is 0 Å². The molecule has 0 aromatic rings. The van der Waals surface area contributed by atoms with Crippen molar-refractivity contribution in [2.45, 2.75) is 77.2 Å². The predicted molar refractivity (Wildman–Crippen MR) is 98.3 cm³/mol. The summed E-state index contributed by atoms with van der Waals surface area (Å²) in [5.74, 6) is -2.98. The minimum absolute atomic E-state index is 0.0922. The molecule has 1 aliphatic heterocycles. The van der Waals surface area contributed by atoms with Crippen molar-refractivity contribution in [2.24, 2.45) is 5.92 Å². The molecule has 0 aromatic carbocycles. The average molecular weight is 403 g/mol. The number of carbonyl (C=O) groups is 4. The second kappa shape index (κ2) is 9.20. The van der Waals surface area contributed by atoms with Gasteiger partial charge in [0.05, 0.1) is 0 Å². The number of hydrogen-bond donors (Lipinski definition) is 4. The van der Waals surface area contributed by atoms with E-state index in [1.54, 1.807) is 20.8 Å². The van der Waals surface area contributed by atoms with E-state index in [2.05, 4.69) is 16.0 Å². The number of nitrogens with one attached hydrogen (secondary N) is 3. The molecule has 1 saturated heterocycles. The van der Waals surface area contributed by atoms with Gasteiger partial charge < -0.3 is 25.8 Å². The summed E-state index contributed by atoms with van der Waals surface area (Å²) in [6, 6.07) is -2.68. The van der Waals surface area contributed by atoms with Crippen molar-refractivity contribution >= 4 is 23.9 Å². The molecule has 0 aromatic heterocycles. The number of amides is 3. The van der Waals surface area contributed by atoms with Crippen molar-refractivity contribution in [1.29, 1.82) is 0 Å². The first kappa shape index (κ1) is 23.6. The van der Waals surface area contributed by atoms with Gasteiger partial charge in [-0.25, -0.2) is 14.0 Å². The van der Waals surface area contributed by atoms with Gasteiger partial charge in [0.15, 0.2) is 0 Å². The van der Waals surface area contributed by atoms with Crippen LogP contribution in [-0.2, 0) is 19.1 Å². The third kappa shape index (κ3) is 8.53. The van der Waals surface area contributed by atoms with Crippen LogP contribution in [0, 0.1) is 5.92 Å². The Labute approximate surface area is 163 Å². The number of halogens is 1. The number of aliphatic carboxylic acids is 1. The number of alkyl carbamates (subject to hydrolysis) is 1. The van der Waals surface area contributed by atoms with E-state index in [1.165, 1.54) is 13.8 Å². The molecule has 0 radical (unpaired) electrons. The van der Waals surface area contributed by atoms with Gasteiger partial charge in [0.2, 0.25) is 11.8 Å². The van der Waals surface area contributed by atoms with E-state index in [0.717, 1.165) is 0 Å². The molecule has 0 spiro atoms. The van der Waals surface area contributed by atoms with Gasteiger partial charge in [0, 0.05) is 18.9 Å². The van der Waals surface area contributed by atoms with Crippen LogP contribution in [0.15, 0.2) is 0 Å². The lowest BCUT2D eigenvalue weighted by Crippen LogP contribution is -2.54. The summed E-state index contributed by atoms with van der Waals surface area (Å²) in [5, 5.41) is 16.6. The second-order valence-electron chi connectivity index (χ2n) is 8.53. The fourth-order valence-electron chi connectivity index (χ4n) is 2.79. The van der Waals surface area contributed by atoms with Crippen LogP contribution < -0.4 is 16.0 Å². The van der Waals surface area contributed by atoms with Gasteiger partial charge in [-0.15, -0.1) is 0 Å². The summed E-state index contributed by atoms with van der Waals surface area (Å²) in [6.07, 6.45) is -0.923. The van der Waals surface area contributed by atoms with Gasteiger partial charge in [-0.1, -0.05) is 0 Å². The number of carboxylic acid groups (broad SMARTS) is 1. The van der Waals surface area contributed by atoms with Crippen molar-refractivity contribution in [2.75, 3.05) is 6.54 Å². The first-order valence-electron chi connectivity index (χ1n) is 9.17. The molecule has 3 amide bonds. The van der Waals surface area contributed by atoms with Gasteiger partial charge in [0.25, 0.3) is 0 Å². The Kier molecular flexibility index (Phi) is 7.77. The zero-order valence-corrected chi connectivity index (χ0v) is 16.9. The van der Waals surface area contributed by atoms with Crippen LogP contribution >= 0.6 is 0 Å². The maximum absolute atomic E-state index is 14.1. The maximum atomic E-state index is 14.1. The van der Waals surface area contributed by atoms with Crippen LogP contribution in [0.5, 0.6) is 0 Å². The van der Waals surface area contributed by atoms with E-state index in [9.17, 15) is 28.7 Å². The molecule has 0 saturated carbocycles. The lowest BCUT2D eigenvalue weighted by atomic mass is 9.97. The lowest BCUT2D eigenvalue weighted by molar-refractivity contribution is -0.143. The predicted octanol–water partition coefficient (Wildman–Crippen LogP) is 1.11. The van der Waals surface area contributed by atoms with Crippen LogP contribution in [0.25, 0.3) is 0 Å². The average Bonchev–Trinajstić information content (AvgIpc) is 2.87.